The third-order valence-electron chi connectivity index (χ3n) is 6.50. The van der Waals surface area contributed by atoms with Crippen molar-refractivity contribution in [2.45, 2.75) is 32.4 Å². The summed E-state index contributed by atoms with van der Waals surface area (Å²) in [5.41, 5.74) is 3.05. The fourth-order valence-corrected chi connectivity index (χ4v) is 4.58. The highest BCUT2D eigenvalue weighted by atomic mass is 16.3. The number of rotatable bonds is 9. The van der Waals surface area contributed by atoms with Gasteiger partial charge in [0.25, 0.3) is 5.91 Å². The zero-order chi connectivity index (χ0) is 23.8. The molecule has 4 rings (SSSR count). The van der Waals surface area contributed by atoms with E-state index in [1.54, 1.807) is 13.3 Å². The van der Waals surface area contributed by atoms with Crippen molar-refractivity contribution in [1.29, 1.82) is 0 Å². The van der Waals surface area contributed by atoms with E-state index < -0.39 is 0 Å². The average molecular weight is 460 g/mol. The lowest BCUT2D eigenvalue weighted by atomic mass is 9.90. The Kier molecular flexibility index (Phi) is 8.15. The number of nitrogens with one attached hydrogen (secondary N) is 1. The molecule has 0 radical (unpaired) electrons. The van der Waals surface area contributed by atoms with Crippen molar-refractivity contribution in [2.24, 2.45) is 5.92 Å². The maximum atomic E-state index is 13.2. The Balaban J connectivity index is 1.34. The normalized spacial score (nSPS) is 14.4. The van der Waals surface area contributed by atoms with E-state index in [1.165, 1.54) is 5.56 Å². The predicted molar refractivity (Wildman–Crippen MR) is 132 cm³/mol. The molecule has 1 N–H and O–H groups in total. The van der Waals surface area contributed by atoms with E-state index in [2.05, 4.69) is 40.5 Å². The van der Waals surface area contributed by atoms with Crippen LogP contribution in [0.2, 0.25) is 0 Å². The smallest absolute Gasteiger partial charge is 0.251 e. The number of likely N-dealkylation sites (tertiary alicyclic amines) is 1. The summed E-state index contributed by atoms with van der Waals surface area (Å²) in [6, 6.07) is 21.9. The van der Waals surface area contributed by atoms with Crippen molar-refractivity contribution in [3.8, 4) is 0 Å². The Morgan fingerprint density at radius 2 is 1.68 bits per heavy atom. The maximum Gasteiger partial charge on any atom is 0.251 e. The lowest BCUT2D eigenvalue weighted by Crippen LogP contribution is -2.44. The number of carbonyl (C=O) groups excluding carboxylic acids is 2. The molecule has 0 aliphatic carbocycles. The first-order chi connectivity index (χ1) is 16.6. The van der Waals surface area contributed by atoms with Gasteiger partial charge in [-0.1, -0.05) is 42.5 Å². The Labute approximate surface area is 201 Å². The van der Waals surface area contributed by atoms with E-state index in [-0.39, 0.29) is 11.8 Å². The van der Waals surface area contributed by atoms with Crippen molar-refractivity contribution in [1.82, 2.24) is 15.1 Å². The molecule has 6 nitrogen and oxygen atoms in total. The summed E-state index contributed by atoms with van der Waals surface area (Å²) in [6.07, 6.45) is 4.82. The minimum absolute atomic E-state index is 0.107. The van der Waals surface area contributed by atoms with Crippen LogP contribution in [0.1, 0.15) is 40.1 Å². The molecule has 1 saturated heterocycles. The number of carbonyl (C=O) groups is 2. The number of furan rings is 1. The van der Waals surface area contributed by atoms with Gasteiger partial charge in [0.2, 0.25) is 5.91 Å². The van der Waals surface area contributed by atoms with Gasteiger partial charge in [0.15, 0.2) is 0 Å². The SMILES string of the molecule is CNC(=O)c1ccc(CN(CC(=O)N2CCC(Cc3ccccc3)CC2)Cc2ccco2)cc1. The van der Waals surface area contributed by atoms with Crippen LogP contribution in [0.25, 0.3) is 0 Å². The monoisotopic (exact) mass is 459 g/mol. The molecular formula is C28H33N3O3. The minimum Gasteiger partial charge on any atom is -0.468 e. The highest BCUT2D eigenvalue weighted by Gasteiger charge is 2.24. The van der Waals surface area contributed by atoms with Gasteiger partial charge in [-0.2, -0.15) is 0 Å². The van der Waals surface area contributed by atoms with Crippen LogP contribution in [0.3, 0.4) is 0 Å². The van der Waals surface area contributed by atoms with Crippen LogP contribution >= 0.6 is 0 Å². The third kappa shape index (κ3) is 6.58. The van der Waals surface area contributed by atoms with Crippen LogP contribution in [0.15, 0.2) is 77.4 Å². The molecule has 2 heterocycles. The molecule has 2 amide bonds. The second-order valence-corrected chi connectivity index (χ2v) is 9.01. The van der Waals surface area contributed by atoms with Gasteiger partial charge in [-0.3, -0.25) is 14.5 Å². The second-order valence-electron chi connectivity index (χ2n) is 9.01. The molecule has 1 fully saturated rings. The first-order valence-corrected chi connectivity index (χ1v) is 12.0. The first-order valence-electron chi connectivity index (χ1n) is 12.0. The topological polar surface area (TPSA) is 65.8 Å². The van der Waals surface area contributed by atoms with Crippen molar-refractivity contribution in [2.75, 3.05) is 26.7 Å². The molecule has 0 atom stereocenters. The van der Waals surface area contributed by atoms with Crippen LogP contribution in [0.4, 0.5) is 0 Å². The Morgan fingerprint density at radius 1 is 0.941 bits per heavy atom. The number of amides is 2. The van der Waals surface area contributed by atoms with Crippen molar-refractivity contribution >= 4 is 11.8 Å². The number of benzene rings is 2. The van der Waals surface area contributed by atoms with E-state index in [0.29, 0.717) is 31.1 Å². The largest absolute Gasteiger partial charge is 0.468 e. The Morgan fingerprint density at radius 3 is 2.32 bits per heavy atom. The molecule has 178 valence electrons. The van der Waals surface area contributed by atoms with Gasteiger partial charge in [0.1, 0.15) is 5.76 Å². The molecule has 0 bridgehead atoms. The number of piperidine rings is 1. The summed E-state index contributed by atoms with van der Waals surface area (Å²) in [5, 5.41) is 2.64. The predicted octanol–water partition coefficient (Wildman–Crippen LogP) is 4.12. The lowest BCUT2D eigenvalue weighted by Gasteiger charge is -2.33. The molecule has 0 spiro atoms. The van der Waals surface area contributed by atoms with E-state index in [1.807, 2.05) is 41.3 Å². The second kappa shape index (κ2) is 11.7. The summed E-state index contributed by atoms with van der Waals surface area (Å²) in [5.74, 6) is 1.51. The first kappa shape index (κ1) is 23.8. The van der Waals surface area contributed by atoms with Gasteiger partial charge in [0.05, 0.1) is 19.4 Å². The molecule has 3 aromatic rings. The molecule has 1 aliphatic heterocycles. The van der Waals surface area contributed by atoms with E-state index in [9.17, 15) is 9.59 Å². The van der Waals surface area contributed by atoms with Crippen molar-refractivity contribution < 1.29 is 14.0 Å². The molecule has 34 heavy (non-hydrogen) atoms. The van der Waals surface area contributed by atoms with Crippen LogP contribution in [0.5, 0.6) is 0 Å². The minimum atomic E-state index is -0.107. The molecule has 1 aromatic heterocycles. The molecule has 0 unspecified atom stereocenters. The van der Waals surface area contributed by atoms with Gasteiger partial charge in [-0.15, -0.1) is 0 Å². The van der Waals surface area contributed by atoms with Crippen LogP contribution < -0.4 is 5.32 Å². The van der Waals surface area contributed by atoms with Crippen LogP contribution in [0, 0.1) is 5.92 Å². The summed E-state index contributed by atoms with van der Waals surface area (Å²) in [6.45, 7) is 3.12. The van der Waals surface area contributed by atoms with Gasteiger partial charge in [-0.25, -0.2) is 0 Å². The van der Waals surface area contributed by atoms with E-state index in [0.717, 1.165) is 43.7 Å². The fourth-order valence-electron chi connectivity index (χ4n) is 4.58. The van der Waals surface area contributed by atoms with Crippen LogP contribution in [-0.4, -0.2) is 48.3 Å². The standard InChI is InChI=1S/C28H33N3O3/c1-29-28(33)25-11-9-24(10-12-25)19-30(20-26-8-5-17-34-26)21-27(32)31-15-13-23(14-16-31)18-22-6-3-2-4-7-22/h2-12,17,23H,13-16,18-21H2,1H3,(H,29,33). The van der Waals surface area contributed by atoms with E-state index >= 15 is 0 Å². The summed E-state index contributed by atoms with van der Waals surface area (Å²) >= 11 is 0. The molecule has 1 aliphatic rings. The number of hydrogen-bond donors (Lipinski definition) is 1. The fraction of sp³-hybridized carbons (Fsp3) is 0.357. The zero-order valence-corrected chi connectivity index (χ0v) is 19.8. The molecular weight excluding hydrogens is 426 g/mol. The van der Waals surface area contributed by atoms with Gasteiger partial charge >= 0.3 is 0 Å². The van der Waals surface area contributed by atoms with Crippen molar-refractivity contribution in [3.63, 3.8) is 0 Å². The van der Waals surface area contributed by atoms with Crippen LogP contribution in [-0.2, 0) is 24.3 Å². The number of nitrogens with zero attached hydrogens (tertiary/aromatic N) is 2. The highest BCUT2D eigenvalue weighted by molar-refractivity contribution is 5.93. The third-order valence-corrected chi connectivity index (χ3v) is 6.50. The molecule has 6 heteroatoms. The summed E-state index contributed by atoms with van der Waals surface area (Å²) in [7, 11) is 1.62. The highest BCUT2D eigenvalue weighted by Crippen LogP contribution is 2.22. The summed E-state index contributed by atoms with van der Waals surface area (Å²) in [4.78, 5) is 29.1. The maximum absolute atomic E-state index is 13.2. The average Bonchev–Trinajstić information content (AvgIpc) is 3.38. The van der Waals surface area contributed by atoms with Gasteiger partial charge < -0.3 is 14.6 Å². The molecule has 0 saturated carbocycles. The number of hydrogen-bond acceptors (Lipinski definition) is 4. The summed E-state index contributed by atoms with van der Waals surface area (Å²) < 4.78 is 5.55. The zero-order valence-electron chi connectivity index (χ0n) is 19.8. The van der Waals surface area contributed by atoms with Gasteiger partial charge in [-0.05, 0) is 60.6 Å². The Bertz CT molecular complexity index is 1040. The quantitative estimate of drug-likeness (QED) is 0.523. The van der Waals surface area contributed by atoms with Crippen molar-refractivity contribution in [3.05, 3.63) is 95.4 Å². The van der Waals surface area contributed by atoms with Gasteiger partial charge in [0, 0.05) is 32.2 Å². The molecule has 2 aromatic carbocycles. The Hall–Kier alpha value is -3.38. The lowest BCUT2D eigenvalue weighted by molar-refractivity contribution is -0.134. The van der Waals surface area contributed by atoms with E-state index in [4.69, 9.17) is 4.42 Å².